The van der Waals surface area contributed by atoms with Crippen LogP contribution >= 0.6 is 0 Å². The Hall–Kier alpha value is -2.96. The van der Waals surface area contributed by atoms with E-state index >= 15 is 0 Å². The third kappa shape index (κ3) is 13.9. The molecule has 0 aromatic heterocycles. The lowest BCUT2D eigenvalue weighted by atomic mass is 9.92. The van der Waals surface area contributed by atoms with Crippen molar-refractivity contribution in [2.24, 2.45) is 0 Å². The van der Waals surface area contributed by atoms with Crippen LogP contribution in [-0.2, 0) is 9.59 Å². The number of hydrogen-bond donors (Lipinski definition) is 2. The molecule has 0 fully saturated rings. The molecule has 0 aliphatic carbocycles. The molecule has 0 aliphatic heterocycles. The van der Waals surface area contributed by atoms with Gasteiger partial charge < -0.3 is 19.6 Å². The van der Waals surface area contributed by atoms with E-state index in [9.17, 15) is 124 Å². The normalized spacial score (nSPS) is 15.3. The second-order valence-corrected chi connectivity index (χ2v) is 16.7. The minimum absolute atomic E-state index is 0.178. The molecule has 0 aromatic carbocycles. The molecule has 0 unspecified atom stereocenters. The Balaban J connectivity index is 4.72. The standard InChI is InChI=1S/C34H44F26N4O2/c1-63(2,19-21(65)61-15-13-23(35,36)25(39,40)27(43,44)29(47,48)31(51,52)33(55,56)57)17-11-9-7-5-6-8-10-12-18-64(3,4)20-22(66)62-16-14-24(37,38)26(41,42)28(45,46)30(49,50)32(53,54)34(58,59)60/h5-20H2,1-4H3/p+2. The topological polar surface area (TPSA) is 58.2 Å². The molecule has 0 heterocycles. The smallest absolute Gasteiger partial charge is 0.351 e. The average Bonchev–Trinajstić information content (AvgIpc) is 3.10. The van der Waals surface area contributed by atoms with E-state index in [0.717, 1.165) is 0 Å². The summed E-state index contributed by atoms with van der Waals surface area (Å²) in [6, 6.07) is 0. The van der Waals surface area contributed by atoms with Gasteiger partial charge in [-0.05, 0) is 25.7 Å². The summed E-state index contributed by atoms with van der Waals surface area (Å²) < 4.78 is 344. The molecular formula is C34H46F26N4O2+2. The highest BCUT2D eigenvalue weighted by Crippen LogP contribution is 2.62. The third-order valence-electron chi connectivity index (χ3n) is 9.94. The maximum atomic E-state index is 14.0. The highest BCUT2D eigenvalue weighted by atomic mass is 19.4. The minimum Gasteiger partial charge on any atom is -0.351 e. The fraction of sp³-hybridized carbons (Fsp3) is 0.941. The zero-order chi connectivity index (χ0) is 52.9. The van der Waals surface area contributed by atoms with Crippen LogP contribution in [0.2, 0.25) is 0 Å². The molecule has 66 heavy (non-hydrogen) atoms. The maximum Gasteiger partial charge on any atom is 0.460 e. The molecule has 394 valence electrons. The number of quaternary nitrogens is 2. The molecule has 0 saturated heterocycles. The fourth-order valence-corrected chi connectivity index (χ4v) is 5.82. The van der Waals surface area contributed by atoms with Crippen LogP contribution < -0.4 is 10.6 Å². The van der Waals surface area contributed by atoms with Crippen LogP contribution in [0, 0.1) is 0 Å². The number of halogens is 26. The predicted octanol–water partition coefficient (Wildman–Crippen LogP) is 10.8. The van der Waals surface area contributed by atoms with Gasteiger partial charge in [-0.1, -0.05) is 25.7 Å². The molecule has 6 nitrogen and oxygen atoms in total. The van der Waals surface area contributed by atoms with Gasteiger partial charge in [0.25, 0.3) is 11.8 Å². The number of amides is 2. The van der Waals surface area contributed by atoms with Gasteiger partial charge in [0.1, 0.15) is 0 Å². The van der Waals surface area contributed by atoms with Crippen molar-refractivity contribution >= 4 is 11.8 Å². The van der Waals surface area contributed by atoms with Crippen LogP contribution in [0.4, 0.5) is 114 Å². The first-order valence-electron chi connectivity index (χ1n) is 19.0. The van der Waals surface area contributed by atoms with E-state index in [-0.39, 0.29) is 22.1 Å². The summed E-state index contributed by atoms with van der Waals surface area (Å²) in [6.07, 6.45) is -15.7. The molecule has 0 rings (SSSR count). The summed E-state index contributed by atoms with van der Waals surface area (Å²) in [5.74, 6) is -77.6. The summed E-state index contributed by atoms with van der Waals surface area (Å²) in [7, 11) is 5.75. The highest BCUT2D eigenvalue weighted by molar-refractivity contribution is 5.77. The van der Waals surface area contributed by atoms with Crippen molar-refractivity contribution < 1.29 is 133 Å². The molecule has 0 bridgehead atoms. The fourth-order valence-electron chi connectivity index (χ4n) is 5.82. The second kappa shape index (κ2) is 21.0. The molecule has 0 aliphatic rings. The van der Waals surface area contributed by atoms with Crippen LogP contribution in [0.1, 0.15) is 64.2 Å². The quantitative estimate of drug-likeness (QED) is 0.0446. The molecule has 0 saturated carbocycles. The molecule has 2 amide bonds. The van der Waals surface area contributed by atoms with Crippen LogP contribution in [0.5, 0.6) is 0 Å². The van der Waals surface area contributed by atoms with E-state index in [1.807, 2.05) is 0 Å². The van der Waals surface area contributed by atoms with Crippen molar-refractivity contribution in [1.29, 1.82) is 0 Å². The van der Waals surface area contributed by atoms with Crippen molar-refractivity contribution in [3.63, 3.8) is 0 Å². The van der Waals surface area contributed by atoms with Gasteiger partial charge in [-0.3, -0.25) is 9.59 Å². The van der Waals surface area contributed by atoms with Gasteiger partial charge >= 0.3 is 71.6 Å². The van der Waals surface area contributed by atoms with Gasteiger partial charge in [0.2, 0.25) is 0 Å². The number of unbranched alkanes of at least 4 members (excludes halogenated alkanes) is 7. The van der Waals surface area contributed by atoms with E-state index < -0.39 is 122 Å². The van der Waals surface area contributed by atoms with E-state index in [0.29, 0.717) is 51.4 Å². The van der Waals surface area contributed by atoms with Crippen molar-refractivity contribution in [3.8, 4) is 0 Å². The van der Waals surface area contributed by atoms with Gasteiger partial charge in [-0.2, -0.15) is 114 Å². The monoisotopic (exact) mass is 1040 g/mol. The van der Waals surface area contributed by atoms with Gasteiger partial charge in [0, 0.05) is 25.9 Å². The van der Waals surface area contributed by atoms with E-state index in [1.165, 1.54) is 28.2 Å². The lowest BCUT2D eigenvalue weighted by Crippen LogP contribution is -2.70. The molecule has 0 atom stereocenters. The summed E-state index contributed by atoms with van der Waals surface area (Å²) in [5, 5.41) is 3.23. The van der Waals surface area contributed by atoms with Crippen molar-refractivity contribution in [1.82, 2.24) is 10.6 Å². The van der Waals surface area contributed by atoms with E-state index in [4.69, 9.17) is 0 Å². The van der Waals surface area contributed by atoms with Gasteiger partial charge in [-0.25, -0.2) is 0 Å². The first kappa shape index (κ1) is 63.0. The Morgan fingerprint density at radius 1 is 0.333 bits per heavy atom. The third-order valence-corrected chi connectivity index (χ3v) is 9.94. The van der Waals surface area contributed by atoms with Crippen LogP contribution in [0.3, 0.4) is 0 Å². The number of nitrogens with one attached hydrogen (secondary N) is 2. The van der Waals surface area contributed by atoms with E-state index in [1.54, 1.807) is 10.6 Å². The minimum atomic E-state index is -8.04. The molecule has 0 aromatic rings. The zero-order valence-corrected chi connectivity index (χ0v) is 34.9. The van der Waals surface area contributed by atoms with Crippen LogP contribution in [0.15, 0.2) is 0 Å². The maximum absolute atomic E-state index is 14.0. The zero-order valence-electron chi connectivity index (χ0n) is 34.9. The predicted molar refractivity (Wildman–Crippen MR) is 177 cm³/mol. The molecule has 0 spiro atoms. The lowest BCUT2D eigenvalue weighted by molar-refractivity contribution is -0.882. The molecule has 0 radical (unpaired) electrons. The Morgan fingerprint density at radius 2 is 0.545 bits per heavy atom. The van der Waals surface area contributed by atoms with E-state index in [2.05, 4.69) is 0 Å². The summed E-state index contributed by atoms with van der Waals surface area (Å²) in [5.41, 5.74) is 0. The molecular weight excluding hydrogens is 990 g/mol. The van der Waals surface area contributed by atoms with Gasteiger partial charge in [-0.15, -0.1) is 0 Å². The number of rotatable bonds is 29. The Bertz CT molecular complexity index is 1460. The number of nitrogens with zero attached hydrogens (tertiary/aromatic N) is 2. The highest BCUT2D eigenvalue weighted by Gasteiger charge is 2.92. The second-order valence-electron chi connectivity index (χ2n) is 16.7. The first-order chi connectivity index (χ1) is 28.9. The number of likely N-dealkylation sites (N-methyl/N-ethyl adjacent to an activating group) is 2. The van der Waals surface area contributed by atoms with Gasteiger partial charge in [0.05, 0.1) is 41.3 Å². The first-order valence-corrected chi connectivity index (χ1v) is 19.0. The summed E-state index contributed by atoms with van der Waals surface area (Å²) in [4.78, 5) is 24.3. The van der Waals surface area contributed by atoms with Gasteiger partial charge in [0.15, 0.2) is 13.1 Å². The molecule has 2 N–H and O–H groups in total. The average molecular weight is 1040 g/mol. The van der Waals surface area contributed by atoms with Crippen molar-refractivity contribution in [3.05, 3.63) is 0 Å². The largest absolute Gasteiger partial charge is 0.460 e. The number of carbonyl (C=O) groups is 2. The van der Waals surface area contributed by atoms with Crippen LogP contribution in [0.25, 0.3) is 0 Å². The number of hydrogen-bond acceptors (Lipinski definition) is 2. The van der Waals surface area contributed by atoms with Crippen molar-refractivity contribution in [2.75, 3.05) is 67.5 Å². The summed E-state index contributed by atoms with van der Waals surface area (Å²) in [6.45, 7) is -3.88. The molecule has 32 heteroatoms. The SMILES string of the molecule is C[N+](C)(CCCCCCCCCC[N+](C)(C)CC(=O)NCCC(F)(F)C(F)(F)C(F)(F)C(F)(F)C(F)(F)C(F)(F)F)CC(=O)NCCC(F)(F)C(F)(F)C(F)(F)C(F)(F)C(F)(F)C(F)(F)F. The Morgan fingerprint density at radius 3 is 0.773 bits per heavy atom. The summed E-state index contributed by atoms with van der Waals surface area (Å²) >= 11 is 0. The number of carbonyl (C=O) groups excluding carboxylic acids is 2. The van der Waals surface area contributed by atoms with Crippen LogP contribution in [-0.4, -0.2) is 160 Å². The number of alkyl halides is 26. The lowest BCUT2D eigenvalue weighted by Gasteiger charge is -2.39. The Labute approximate surface area is 358 Å². The van der Waals surface area contributed by atoms with Crippen molar-refractivity contribution in [2.45, 2.75) is 136 Å². The Kier molecular flexibility index (Phi) is 20.0.